The van der Waals surface area contributed by atoms with Gasteiger partial charge < -0.3 is 14.4 Å². The normalized spacial score (nSPS) is 22.0. The lowest BCUT2D eigenvalue weighted by molar-refractivity contribution is -0.850. The quantitative estimate of drug-likeness (QED) is 0.220. The van der Waals surface area contributed by atoms with Crippen LogP contribution < -0.4 is 19.9 Å². The third-order valence-corrected chi connectivity index (χ3v) is 11.0. The van der Waals surface area contributed by atoms with E-state index in [1.165, 1.54) is 44.2 Å². The van der Waals surface area contributed by atoms with E-state index in [9.17, 15) is 4.79 Å². The lowest BCUT2D eigenvalue weighted by atomic mass is 9.80. The molecule has 3 aromatic carbocycles. The number of carbonyl (C=O) groups is 1. The number of quaternary nitrogens is 1. The van der Waals surface area contributed by atoms with E-state index in [0.717, 1.165) is 56.7 Å². The molecule has 2 atom stereocenters. The van der Waals surface area contributed by atoms with Crippen LogP contribution >= 0.6 is 0 Å². The molecule has 0 bridgehead atoms. The SMILES string of the molecule is CCCN1/C(=C/C=C2\CCCC(/C=C/C3[NH+](CCC)c4ccccc4C3(C)C)=C2Oc2ccc(NC(=O)OC(C)(C)C)cc2)C(C)(C)c2ccccc21. The van der Waals surface area contributed by atoms with Gasteiger partial charge >= 0.3 is 6.09 Å². The van der Waals surface area contributed by atoms with Gasteiger partial charge in [0.05, 0.1) is 12.0 Å². The Bertz CT molecular complexity index is 1920. The highest BCUT2D eigenvalue weighted by Gasteiger charge is 2.47. The predicted octanol–water partition coefficient (Wildman–Crippen LogP) is 10.7. The lowest BCUT2D eigenvalue weighted by Gasteiger charge is -2.28. The van der Waals surface area contributed by atoms with Gasteiger partial charge in [-0.3, -0.25) is 10.2 Å². The van der Waals surface area contributed by atoms with E-state index in [0.29, 0.717) is 11.7 Å². The number of fused-ring (bicyclic) bond motifs is 2. The van der Waals surface area contributed by atoms with Crippen LogP contribution in [-0.2, 0) is 15.6 Å². The van der Waals surface area contributed by atoms with Crippen LogP contribution in [0.15, 0.2) is 120 Å². The van der Waals surface area contributed by atoms with Crippen LogP contribution in [0.1, 0.15) is 106 Å². The molecule has 0 radical (unpaired) electrons. The number of para-hydroxylation sites is 2. The average Bonchev–Trinajstić information content (AvgIpc) is 3.45. The van der Waals surface area contributed by atoms with Gasteiger partial charge in [-0.1, -0.05) is 76.2 Å². The second-order valence-electron chi connectivity index (χ2n) is 16.9. The molecule has 0 aromatic heterocycles. The second kappa shape index (κ2) is 15.4. The van der Waals surface area contributed by atoms with Gasteiger partial charge in [0.1, 0.15) is 28.8 Å². The molecule has 280 valence electrons. The standard InChI is InChI=1S/C47H59N3O3/c1-10-31-49-39-21-14-12-19-37(39)46(6,7)41(49)29-23-33-17-16-18-34(24-30-42-47(8,9)38-20-13-15-22-40(38)50(42)32-11-2)43(33)52-36-27-25-35(26-28-36)48-44(51)53-45(3,4)5/h12-15,19-30,41H,10-11,16-18,31-32H2,1-9H3,(H,48,51)/p+1/b29-23+,34-24+,42-30+. The summed E-state index contributed by atoms with van der Waals surface area (Å²) < 4.78 is 12.4. The monoisotopic (exact) mass is 714 g/mol. The predicted molar refractivity (Wildman–Crippen MR) is 219 cm³/mol. The first kappa shape index (κ1) is 38.2. The van der Waals surface area contributed by atoms with Crippen LogP contribution in [0.2, 0.25) is 0 Å². The van der Waals surface area contributed by atoms with Crippen molar-refractivity contribution in [1.82, 2.24) is 0 Å². The molecule has 0 fully saturated rings. The highest BCUT2D eigenvalue weighted by Crippen LogP contribution is 2.48. The van der Waals surface area contributed by atoms with E-state index in [1.54, 1.807) is 0 Å². The summed E-state index contributed by atoms with van der Waals surface area (Å²) in [7, 11) is 0. The maximum Gasteiger partial charge on any atom is 0.412 e. The van der Waals surface area contributed by atoms with Gasteiger partial charge in [0.25, 0.3) is 0 Å². The van der Waals surface area contributed by atoms with Crippen molar-refractivity contribution in [3.05, 3.63) is 131 Å². The smallest absolute Gasteiger partial charge is 0.412 e. The third-order valence-electron chi connectivity index (χ3n) is 11.0. The van der Waals surface area contributed by atoms with Crippen molar-refractivity contribution >= 4 is 23.2 Å². The largest absolute Gasteiger partial charge is 0.457 e. The zero-order valence-corrected chi connectivity index (χ0v) is 33.4. The Hall–Kier alpha value is -4.55. The Morgan fingerprint density at radius 3 is 2.30 bits per heavy atom. The molecule has 3 aliphatic rings. The first-order valence-corrected chi connectivity index (χ1v) is 19.7. The van der Waals surface area contributed by atoms with Crippen LogP contribution in [0.3, 0.4) is 0 Å². The number of rotatable bonds is 10. The Labute approximate surface area is 318 Å². The molecule has 1 amide bonds. The summed E-state index contributed by atoms with van der Waals surface area (Å²) in [6.07, 6.45) is 14.1. The zero-order valence-electron chi connectivity index (χ0n) is 33.4. The number of nitrogens with zero attached hydrogens (tertiary/aromatic N) is 1. The highest BCUT2D eigenvalue weighted by molar-refractivity contribution is 5.85. The molecule has 2 N–H and O–H groups in total. The van der Waals surface area contributed by atoms with Crippen molar-refractivity contribution < 1.29 is 19.2 Å². The van der Waals surface area contributed by atoms with E-state index in [-0.39, 0.29) is 10.8 Å². The first-order valence-electron chi connectivity index (χ1n) is 19.7. The number of hydrogen-bond donors (Lipinski definition) is 2. The molecule has 0 saturated heterocycles. The minimum atomic E-state index is -0.571. The van der Waals surface area contributed by atoms with Gasteiger partial charge in [-0.25, -0.2) is 4.79 Å². The van der Waals surface area contributed by atoms with Crippen molar-refractivity contribution in [2.24, 2.45) is 0 Å². The van der Waals surface area contributed by atoms with Crippen LogP contribution in [0.4, 0.5) is 21.9 Å². The first-order chi connectivity index (χ1) is 25.2. The van der Waals surface area contributed by atoms with E-state index < -0.39 is 11.7 Å². The molecule has 1 aliphatic carbocycles. The van der Waals surface area contributed by atoms with Crippen LogP contribution in [0, 0.1) is 0 Å². The van der Waals surface area contributed by atoms with Crippen molar-refractivity contribution in [3.8, 4) is 5.75 Å². The molecule has 2 heterocycles. The van der Waals surface area contributed by atoms with Gasteiger partial charge in [0, 0.05) is 34.6 Å². The van der Waals surface area contributed by atoms with Crippen molar-refractivity contribution in [1.29, 1.82) is 0 Å². The number of benzene rings is 3. The average molecular weight is 715 g/mol. The van der Waals surface area contributed by atoms with E-state index in [4.69, 9.17) is 9.47 Å². The summed E-state index contributed by atoms with van der Waals surface area (Å²) >= 11 is 0. The van der Waals surface area contributed by atoms with Gasteiger partial charge in [0.15, 0.2) is 0 Å². The molecule has 3 aromatic rings. The van der Waals surface area contributed by atoms with Crippen molar-refractivity contribution in [2.75, 3.05) is 23.3 Å². The Morgan fingerprint density at radius 1 is 0.906 bits per heavy atom. The number of nitrogens with one attached hydrogen (secondary N) is 2. The number of allylic oxidation sites excluding steroid dienone is 6. The second-order valence-corrected chi connectivity index (χ2v) is 16.9. The summed E-state index contributed by atoms with van der Waals surface area (Å²) in [5.74, 6) is 1.66. The Kier molecular flexibility index (Phi) is 11.1. The fourth-order valence-electron chi connectivity index (χ4n) is 8.51. The van der Waals surface area contributed by atoms with Crippen molar-refractivity contribution in [2.45, 2.75) is 117 Å². The summed E-state index contributed by atoms with van der Waals surface area (Å²) in [5.41, 5.74) is 9.26. The third kappa shape index (κ3) is 8.03. The summed E-state index contributed by atoms with van der Waals surface area (Å²) in [5, 5.41) is 2.84. The molecule has 0 saturated carbocycles. The fraction of sp³-hybridized carbons (Fsp3) is 0.426. The number of anilines is 2. The molecule has 6 heteroatoms. The van der Waals surface area contributed by atoms with E-state index >= 15 is 0 Å². The molecule has 6 nitrogen and oxygen atoms in total. The van der Waals surface area contributed by atoms with E-state index in [2.05, 4.69) is 125 Å². The van der Waals surface area contributed by atoms with E-state index in [1.807, 2.05) is 45.0 Å². The van der Waals surface area contributed by atoms with Gasteiger partial charge in [-0.15, -0.1) is 0 Å². The molecule has 0 spiro atoms. The summed E-state index contributed by atoms with van der Waals surface area (Å²) in [4.78, 5) is 16.5. The number of hydrogen-bond acceptors (Lipinski definition) is 4. The summed E-state index contributed by atoms with van der Waals surface area (Å²) in [6, 6.07) is 25.7. The Morgan fingerprint density at radius 2 is 1.60 bits per heavy atom. The fourth-order valence-corrected chi connectivity index (χ4v) is 8.51. The maximum atomic E-state index is 12.4. The van der Waals surface area contributed by atoms with Crippen LogP contribution in [0.25, 0.3) is 0 Å². The lowest BCUT2D eigenvalue weighted by Crippen LogP contribution is -3.10. The summed E-state index contributed by atoms with van der Waals surface area (Å²) in [6.45, 7) is 21.6. The van der Waals surface area contributed by atoms with Crippen molar-refractivity contribution in [3.63, 3.8) is 0 Å². The minimum Gasteiger partial charge on any atom is -0.457 e. The number of ether oxygens (including phenoxy) is 2. The molecule has 53 heavy (non-hydrogen) atoms. The van der Waals surface area contributed by atoms with Crippen LogP contribution in [-0.4, -0.2) is 30.8 Å². The number of amides is 1. The Balaban J connectivity index is 1.38. The minimum absolute atomic E-state index is 0.000299. The highest BCUT2D eigenvalue weighted by atomic mass is 16.6. The molecule has 6 rings (SSSR count). The topological polar surface area (TPSA) is 55.2 Å². The van der Waals surface area contributed by atoms with Gasteiger partial charge in [-0.2, -0.15) is 0 Å². The van der Waals surface area contributed by atoms with Gasteiger partial charge in [-0.05, 0) is 132 Å². The number of carbonyl (C=O) groups excluding carboxylic acids is 1. The van der Waals surface area contributed by atoms with Crippen LogP contribution in [0.5, 0.6) is 5.75 Å². The van der Waals surface area contributed by atoms with Gasteiger partial charge in [0.2, 0.25) is 0 Å². The molecular formula is C47H60N3O3+. The molecule has 2 aliphatic heterocycles. The molecular weight excluding hydrogens is 655 g/mol. The maximum absolute atomic E-state index is 12.4. The zero-order chi connectivity index (χ0) is 38.0. The molecule has 2 unspecified atom stereocenters.